The molecule has 0 aliphatic carbocycles. The maximum Gasteiger partial charge on any atom is 0.267 e. The van der Waals surface area contributed by atoms with E-state index in [1.165, 1.54) is 6.20 Å². The van der Waals surface area contributed by atoms with Gasteiger partial charge in [-0.05, 0) is 55.3 Å². The zero-order valence-electron chi connectivity index (χ0n) is 16.8. The van der Waals surface area contributed by atoms with Crippen molar-refractivity contribution in [2.45, 2.75) is 13.3 Å². The molecule has 0 unspecified atom stereocenters. The van der Waals surface area contributed by atoms with E-state index in [-0.39, 0.29) is 5.57 Å². The second kappa shape index (κ2) is 11.2. The number of nitrogens with zero attached hydrogens (tertiary/aromatic N) is 1. The molecule has 2 aromatic carbocycles. The smallest absolute Gasteiger partial charge is 0.267 e. The molecule has 2 rings (SSSR count). The lowest BCUT2D eigenvalue weighted by Crippen LogP contribution is -2.18. The minimum absolute atomic E-state index is 0.00815. The molecule has 0 spiro atoms. The number of anilines is 1. The number of hydrogen-bond donors (Lipinski definition) is 2. The van der Waals surface area contributed by atoms with E-state index >= 15 is 0 Å². The van der Waals surface area contributed by atoms with Gasteiger partial charge in [0.05, 0.1) is 20.8 Å². The van der Waals surface area contributed by atoms with Crippen molar-refractivity contribution in [1.82, 2.24) is 5.32 Å². The molecule has 1 amide bonds. The van der Waals surface area contributed by atoms with Gasteiger partial charge in [-0.15, -0.1) is 0 Å². The summed E-state index contributed by atoms with van der Waals surface area (Å²) in [6.07, 6.45) is 2.11. The van der Waals surface area contributed by atoms with Crippen molar-refractivity contribution in [1.29, 1.82) is 5.26 Å². The molecule has 7 heteroatoms. The molecule has 0 aromatic heterocycles. The molecule has 0 heterocycles. The molecule has 152 valence electrons. The Bertz CT molecular complexity index is 886. The number of carbonyl (C=O) groups is 1. The van der Waals surface area contributed by atoms with Gasteiger partial charge in [-0.25, -0.2) is 0 Å². The molecule has 0 bridgehead atoms. The van der Waals surface area contributed by atoms with Crippen LogP contribution in [-0.2, 0) is 11.2 Å². The van der Waals surface area contributed by atoms with Crippen LogP contribution in [0.3, 0.4) is 0 Å². The first-order valence-corrected chi connectivity index (χ1v) is 9.20. The molecule has 0 saturated carbocycles. The van der Waals surface area contributed by atoms with Crippen molar-refractivity contribution in [2.75, 3.05) is 32.7 Å². The van der Waals surface area contributed by atoms with Gasteiger partial charge in [0.15, 0.2) is 11.5 Å². The second-order valence-corrected chi connectivity index (χ2v) is 5.97. The summed E-state index contributed by atoms with van der Waals surface area (Å²) in [6.45, 7) is 3.02. The molecule has 0 radical (unpaired) electrons. The molecule has 0 aliphatic rings. The minimum atomic E-state index is -0.477. The highest BCUT2D eigenvalue weighted by molar-refractivity contribution is 6.06. The van der Waals surface area contributed by atoms with Crippen LogP contribution in [0.4, 0.5) is 5.69 Å². The third-order valence-corrected chi connectivity index (χ3v) is 4.04. The monoisotopic (exact) mass is 395 g/mol. The Morgan fingerprint density at radius 3 is 2.45 bits per heavy atom. The maximum absolute atomic E-state index is 12.3. The quantitative estimate of drug-likeness (QED) is 0.364. The van der Waals surface area contributed by atoms with Gasteiger partial charge in [0.2, 0.25) is 0 Å². The summed E-state index contributed by atoms with van der Waals surface area (Å²) in [6, 6.07) is 14.6. The highest BCUT2D eigenvalue weighted by atomic mass is 16.5. The summed E-state index contributed by atoms with van der Waals surface area (Å²) in [7, 11) is 3.18. The first-order chi connectivity index (χ1) is 14.1. The van der Waals surface area contributed by atoms with Crippen LogP contribution in [0.5, 0.6) is 17.2 Å². The summed E-state index contributed by atoms with van der Waals surface area (Å²) in [5, 5.41) is 15.0. The molecule has 0 aliphatic heterocycles. The van der Waals surface area contributed by atoms with Crippen molar-refractivity contribution < 1.29 is 19.0 Å². The average Bonchev–Trinajstić information content (AvgIpc) is 2.75. The molecule has 0 fully saturated rings. The van der Waals surface area contributed by atoms with Crippen LogP contribution in [0, 0.1) is 11.3 Å². The summed E-state index contributed by atoms with van der Waals surface area (Å²) >= 11 is 0. The first kappa shape index (κ1) is 21.6. The van der Waals surface area contributed by atoms with Gasteiger partial charge in [-0.3, -0.25) is 4.79 Å². The third-order valence-electron chi connectivity index (χ3n) is 4.04. The van der Waals surface area contributed by atoms with Gasteiger partial charge in [0, 0.05) is 18.4 Å². The number of nitrogens with one attached hydrogen (secondary N) is 2. The number of hydrogen-bond acceptors (Lipinski definition) is 6. The van der Waals surface area contributed by atoms with Crippen molar-refractivity contribution in [3.63, 3.8) is 0 Å². The minimum Gasteiger partial charge on any atom is -0.494 e. The standard InChI is InChI=1S/C22H25N3O4/c1-4-29-19-8-6-18(7-9-19)25-22(26)17(14-23)15-24-12-11-16-5-10-20(27-2)21(13-16)28-3/h5-10,13,15,24H,4,11-12H2,1-3H3,(H,25,26)/b17-15-. The number of rotatable bonds is 10. The normalized spacial score (nSPS) is 10.6. The second-order valence-electron chi connectivity index (χ2n) is 5.97. The fraction of sp³-hybridized carbons (Fsp3) is 0.273. The van der Waals surface area contributed by atoms with Crippen LogP contribution in [0.15, 0.2) is 54.2 Å². The summed E-state index contributed by atoms with van der Waals surface area (Å²) in [5.41, 5.74) is 1.62. The summed E-state index contributed by atoms with van der Waals surface area (Å²) in [4.78, 5) is 12.3. The molecular formula is C22H25N3O4. The number of benzene rings is 2. The van der Waals surface area contributed by atoms with E-state index < -0.39 is 5.91 Å². The fourth-order valence-electron chi connectivity index (χ4n) is 2.58. The third kappa shape index (κ3) is 6.47. The van der Waals surface area contributed by atoms with E-state index in [0.717, 1.165) is 11.3 Å². The molecular weight excluding hydrogens is 370 g/mol. The Morgan fingerprint density at radius 2 is 1.83 bits per heavy atom. The van der Waals surface area contributed by atoms with Crippen molar-refractivity contribution >= 4 is 11.6 Å². The Hall–Kier alpha value is -3.66. The molecule has 0 atom stereocenters. The van der Waals surface area contributed by atoms with Crippen LogP contribution >= 0.6 is 0 Å². The lowest BCUT2D eigenvalue weighted by molar-refractivity contribution is -0.112. The van der Waals surface area contributed by atoms with Gasteiger partial charge >= 0.3 is 0 Å². The maximum atomic E-state index is 12.3. The predicted molar refractivity (Wildman–Crippen MR) is 111 cm³/mol. The number of nitriles is 1. The van der Waals surface area contributed by atoms with Crippen LogP contribution < -0.4 is 24.8 Å². The van der Waals surface area contributed by atoms with Gasteiger partial charge in [0.25, 0.3) is 5.91 Å². The molecule has 7 nitrogen and oxygen atoms in total. The Morgan fingerprint density at radius 1 is 1.10 bits per heavy atom. The van der Waals surface area contributed by atoms with Gasteiger partial charge < -0.3 is 24.8 Å². The zero-order valence-corrected chi connectivity index (χ0v) is 16.8. The predicted octanol–water partition coefficient (Wildman–Crippen LogP) is 3.28. The lowest BCUT2D eigenvalue weighted by atomic mass is 10.1. The highest BCUT2D eigenvalue weighted by Crippen LogP contribution is 2.27. The van der Waals surface area contributed by atoms with Crippen LogP contribution in [0.25, 0.3) is 0 Å². The van der Waals surface area contributed by atoms with Crippen LogP contribution in [0.1, 0.15) is 12.5 Å². The average molecular weight is 395 g/mol. The molecule has 29 heavy (non-hydrogen) atoms. The van der Waals surface area contributed by atoms with Crippen molar-refractivity contribution in [3.8, 4) is 23.3 Å². The summed E-state index contributed by atoms with van der Waals surface area (Å²) < 4.78 is 15.9. The van der Waals surface area contributed by atoms with Gasteiger partial charge in [-0.2, -0.15) is 5.26 Å². The Balaban J connectivity index is 1.89. The van der Waals surface area contributed by atoms with E-state index in [4.69, 9.17) is 14.2 Å². The molecule has 2 N–H and O–H groups in total. The van der Waals surface area contributed by atoms with E-state index in [1.54, 1.807) is 38.5 Å². The van der Waals surface area contributed by atoms with Crippen LogP contribution in [0.2, 0.25) is 0 Å². The number of amides is 1. The Kier molecular flexibility index (Phi) is 8.39. The van der Waals surface area contributed by atoms with E-state index in [0.29, 0.717) is 36.8 Å². The molecule has 2 aromatic rings. The topological polar surface area (TPSA) is 92.6 Å². The number of carbonyl (C=O) groups excluding carboxylic acids is 1. The van der Waals surface area contributed by atoms with E-state index in [9.17, 15) is 10.1 Å². The Labute approximate surface area is 170 Å². The van der Waals surface area contributed by atoms with Crippen molar-refractivity contribution in [2.24, 2.45) is 0 Å². The first-order valence-electron chi connectivity index (χ1n) is 9.20. The molecule has 0 saturated heterocycles. The lowest BCUT2D eigenvalue weighted by Gasteiger charge is -2.10. The number of methoxy groups -OCH3 is 2. The van der Waals surface area contributed by atoms with E-state index in [2.05, 4.69) is 10.6 Å². The highest BCUT2D eigenvalue weighted by Gasteiger charge is 2.09. The van der Waals surface area contributed by atoms with Gasteiger partial charge in [-0.1, -0.05) is 6.07 Å². The van der Waals surface area contributed by atoms with Gasteiger partial charge in [0.1, 0.15) is 17.4 Å². The number of ether oxygens (including phenoxy) is 3. The fourth-order valence-corrected chi connectivity index (χ4v) is 2.58. The summed E-state index contributed by atoms with van der Waals surface area (Å²) in [5.74, 6) is 1.57. The largest absolute Gasteiger partial charge is 0.494 e. The van der Waals surface area contributed by atoms with E-state index in [1.807, 2.05) is 31.2 Å². The van der Waals surface area contributed by atoms with Crippen molar-refractivity contribution in [3.05, 3.63) is 59.8 Å². The zero-order chi connectivity index (χ0) is 21.1. The SMILES string of the molecule is CCOc1ccc(NC(=O)/C(C#N)=C\NCCc2ccc(OC)c(OC)c2)cc1. The van der Waals surface area contributed by atoms with Crippen LogP contribution in [-0.4, -0.2) is 33.3 Å².